The first-order chi connectivity index (χ1) is 9.13. The number of aliphatic hydroxyl groups excluding tert-OH is 1. The van der Waals surface area contributed by atoms with Gasteiger partial charge in [-0.3, -0.25) is 0 Å². The molecule has 0 radical (unpaired) electrons. The van der Waals surface area contributed by atoms with Crippen LogP contribution in [0.25, 0.3) is 0 Å². The molecule has 0 aliphatic carbocycles. The van der Waals surface area contributed by atoms with Crippen molar-refractivity contribution in [2.24, 2.45) is 0 Å². The van der Waals surface area contributed by atoms with Crippen LogP contribution >= 0.6 is 43.2 Å². The Morgan fingerprint density at radius 3 is 2.89 bits per heavy atom. The fourth-order valence-electron chi connectivity index (χ4n) is 2.32. The van der Waals surface area contributed by atoms with E-state index < -0.39 is 6.10 Å². The zero-order valence-electron chi connectivity index (χ0n) is 10.0. The van der Waals surface area contributed by atoms with Gasteiger partial charge in [0.25, 0.3) is 0 Å². The lowest BCUT2D eigenvalue weighted by Crippen LogP contribution is -2.02. The minimum absolute atomic E-state index is 0.495. The van der Waals surface area contributed by atoms with E-state index in [2.05, 4.69) is 37.9 Å². The Kier molecular flexibility index (Phi) is 3.98. The molecule has 1 N–H and O–H groups in total. The molecule has 0 bridgehead atoms. The number of halogens is 2. The normalized spacial score (nSPS) is 15.1. The molecule has 19 heavy (non-hydrogen) atoms. The van der Waals surface area contributed by atoms with E-state index in [0.717, 1.165) is 38.2 Å². The Morgan fingerprint density at radius 2 is 2.16 bits per heavy atom. The van der Waals surface area contributed by atoms with E-state index in [1.54, 1.807) is 11.3 Å². The maximum Gasteiger partial charge on any atom is 0.125 e. The first kappa shape index (κ1) is 13.6. The SMILES string of the molecule is OC(Cc1cc(Br)cc2c1OCC2)c1csc(Br)c1. The highest BCUT2D eigenvalue weighted by Gasteiger charge is 2.20. The van der Waals surface area contributed by atoms with Gasteiger partial charge in [-0.1, -0.05) is 15.9 Å². The van der Waals surface area contributed by atoms with Gasteiger partial charge in [-0.25, -0.2) is 0 Å². The van der Waals surface area contributed by atoms with Gasteiger partial charge < -0.3 is 9.84 Å². The van der Waals surface area contributed by atoms with Crippen molar-refractivity contribution in [3.63, 3.8) is 0 Å². The Labute approximate surface area is 132 Å². The summed E-state index contributed by atoms with van der Waals surface area (Å²) in [7, 11) is 0. The third-order valence-corrected chi connectivity index (χ3v) is 5.19. The molecule has 100 valence electrons. The lowest BCUT2D eigenvalue weighted by Gasteiger charge is -2.13. The number of hydrogen-bond acceptors (Lipinski definition) is 3. The molecule has 2 heterocycles. The number of aliphatic hydroxyl groups is 1. The van der Waals surface area contributed by atoms with Gasteiger partial charge in [0, 0.05) is 17.3 Å². The molecule has 1 aromatic carbocycles. The number of rotatable bonds is 3. The first-order valence-electron chi connectivity index (χ1n) is 5.99. The van der Waals surface area contributed by atoms with Crippen molar-refractivity contribution in [2.45, 2.75) is 18.9 Å². The smallest absolute Gasteiger partial charge is 0.125 e. The summed E-state index contributed by atoms with van der Waals surface area (Å²) >= 11 is 8.53. The van der Waals surface area contributed by atoms with Crippen LogP contribution < -0.4 is 4.74 Å². The zero-order valence-corrected chi connectivity index (χ0v) is 14.0. The number of hydrogen-bond donors (Lipinski definition) is 1. The van der Waals surface area contributed by atoms with E-state index in [1.165, 1.54) is 5.56 Å². The fourth-order valence-corrected chi connectivity index (χ4v) is 4.10. The molecule has 2 aromatic rings. The van der Waals surface area contributed by atoms with Gasteiger partial charge in [0.15, 0.2) is 0 Å². The largest absolute Gasteiger partial charge is 0.493 e. The van der Waals surface area contributed by atoms with E-state index in [0.29, 0.717) is 6.42 Å². The average molecular weight is 404 g/mol. The van der Waals surface area contributed by atoms with Crippen molar-refractivity contribution in [3.05, 3.63) is 48.5 Å². The molecule has 0 fully saturated rings. The lowest BCUT2D eigenvalue weighted by atomic mass is 10.0. The maximum absolute atomic E-state index is 10.3. The van der Waals surface area contributed by atoms with Gasteiger partial charge >= 0.3 is 0 Å². The molecule has 3 rings (SSSR count). The second-order valence-electron chi connectivity index (χ2n) is 4.56. The lowest BCUT2D eigenvalue weighted by molar-refractivity contribution is 0.177. The van der Waals surface area contributed by atoms with Gasteiger partial charge in [0.1, 0.15) is 5.75 Å². The van der Waals surface area contributed by atoms with E-state index in [9.17, 15) is 5.11 Å². The summed E-state index contributed by atoms with van der Waals surface area (Å²) in [6.45, 7) is 0.735. The minimum atomic E-state index is -0.495. The van der Waals surface area contributed by atoms with Crippen LogP contribution in [-0.2, 0) is 12.8 Å². The van der Waals surface area contributed by atoms with Crippen LogP contribution in [0.2, 0.25) is 0 Å². The summed E-state index contributed by atoms with van der Waals surface area (Å²) in [5.74, 6) is 0.955. The van der Waals surface area contributed by atoms with Gasteiger partial charge in [-0.15, -0.1) is 11.3 Å². The molecular weight excluding hydrogens is 392 g/mol. The van der Waals surface area contributed by atoms with Crippen LogP contribution in [0.15, 0.2) is 31.8 Å². The van der Waals surface area contributed by atoms with E-state index >= 15 is 0 Å². The molecule has 1 aliphatic rings. The third kappa shape index (κ3) is 2.89. The predicted octanol–water partition coefficient (Wildman–Crippen LogP) is 4.48. The fraction of sp³-hybridized carbons (Fsp3) is 0.286. The van der Waals surface area contributed by atoms with Crippen molar-refractivity contribution in [1.29, 1.82) is 0 Å². The third-order valence-electron chi connectivity index (χ3n) is 3.21. The zero-order chi connectivity index (χ0) is 13.4. The molecule has 1 aromatic heterocycles. The quantitative estimate of drug-likeness (QED) is 0.818. The van der Waals surface area contributed by atoms with E-state index in [-0.39, 0.29) is 0 Å². The molecule has 0 saturated carbocycles. The van der Waals surface area contributed by atoms with Gasteiger partial charge in [0.2, 0.25) is 0 Å². The van der Waals surface area contributed by atoms with Crippen LogP contribution in [0, 0.1) is 0 Å². The standard InChI is InChI=1S/C14H12Br2O2S/c15-11-3-8-1-2-18-14(8)9(4-11)5-12(17)10-6-13(16)19-7-10/h3-4,6-7,12,17H,1-2,5H2. The molecule has 1 atom stereocenters. The summed E-state index contributed by atoms with van der Waals surface area (Å²) in [6, 6.07) is 6.10. The van der Waals surface area contributed by atoms with Gasteiger partial charge in [-0.05, 0) is 56.2 Å². The highest BCUT2D eigenvalue weighted by molar-refractivity contribution is 9.11. The van der Waals surface area contributed by atoms with Crippen LogP contribution in [0.5, 0.6) is 5.75 Å². The highest BCUT2D eigenvalue weighted by atomic mass is 79.9. The van der Waals surface area contributed by atoms with E-state index in [4.69, 9.17) is 4.74 Å². The Hall–Kier alpha value is -0.360. The second kappa shape index (κ2) is 5.56. The number of fused-ring (bicyclic) bond motifs is 1. The average Bonchev–Trinajstić information content (AvgIpc) is 2.97. The second-order valence-corrected chi connectivity index (χ2v) is 7.76. The van der Waals surface area contributed by atoms with Crippen LogP contribution in [0.3, 0.4) is 0 Å². The van der Waals surface area contributed by atoms with Gasteiger partial charge in [0.05, 0.1) is 16.5 Å². The van der Waals surface area contributed by atoms with Crippen molar-refractivity contribution in [3.8, 4) is 5.75 Å². The van der Waals surface area contributed by atoms with E-state index in [1.807, 2.05) is 17.5 Å². The van der Waals surface area contributed by atoms with Crippen molar-refractivity contribution in [2.75, 3.05) is 6.61 Å². The predicted molar refractivity (Wildman–Crippen MR) is 84.0 cm³/mol. The Morgan fingerprint density at radius 1 is 1.32 bits per heavy atom. The molecule has 2 nitrogen and oxygen atoms in total. The Bertz CT molecular complexity index is 609. The minimum Gasteiger partial charge on any atom is -0.493 e. The van der Waals surface area contributed by atoms with Crippen molar-refractivity contribution in [1.82, 2.24) is 0 Å². The van der Waals surface area contributed by atoms with Crippen LogP contribution in [-0.4, -0.2) is 11.7 Å². The summed E-state index contributed by atoms with van der Waals surface area (Å²) in [6.07, 6.45) is 1.03. The molecule has 5 heteroatoms. The topological polar surface area (TPSA) is 29.5 Å². The molecule has 0 amide bonds. The molecule has 0 saturated heterocycles. The summed E-state index contributed by atoms with van der Waals surface area (Å²) < 4.78 is 7.77. The monoisotopic (exact) mass is 402 g/mol. The van der Waals surface area contributed by atoms with Gasteiger partial charge in [-0.2, -0.15) is 0 Å². The summed E-state index contributed by atoms with van der Waals surface area (Å²) in [5.41, 5.74) is 3.24. The molecule has 1 unspecified atom stereocenters. The number of ether oxygens (including phenoxy) is 1. The first-order valence-corrected chi connectivity index (χ1v) is 8.46. The number of benzene rings is 1. The van der Waals surface area contributed by atoms with Crippen LogP contribution in [0.1, 0.15) is 22.8 Å². The molecule has 1 aliphatic heterocycles. The van der Waals surface area contributed by atoms with Crippen molar-refractivity contribution < 1.29 is 9.84 Å². The number of thiophene rings is 1. The maximum atomic E-state index is 10.3. The highest BCUT2D eigenvalue weighted by Crippen LogP contribution is 2.36. The summed E-state index contributed by atoms with van der Waals surface area (Å²) in [4.78, 5) is 0. The van der Waals surface area contributed by atoms with Crippen molar-refractivity contribution >= 4 is 43.2 Å². The Balaban J connectivity index is 1.87. The summed E-state index contributed by atoms with van der Waals surface area (Å²) in [5, 5.41) is 12.3. The van der Waals surface area contributed by atoms with Crippen LogP contribution in [0.4, 0.5) is 0 Å². The molecule has 0 spiro atoms. The molecular formula is C14H12Br2O2S.